The van der Waals surface area contributed by atoms with E-state index in [-0.39, 0.29) is 12.1 Å². The molecule has 0 spiro atoms. The van der Waals surface area contributed by atoms with Gasteiger partial charge in [-0.25, -0.2) is 8.78 Å². The van der Waals surface area contributed by atoms with Crippen molar-refractivity contribution in [2.45, 2.75) is 6.04 Å². The molecule has 0 atom stereocenters. The maximum atomic E-state index is 13.7. The fourth-order valence-electron chi connectivity index (χ4n) is 2.64. The number of benzene rings is 2. The van der Waals surface area contributed by atoms with E-state index in [1.807, 2.05) is 0 Å². The van der Waals surface area contributed by atoms with Gasteiger partial charge in [0.25, 0.3) is 5.91 Å². The highest BCUT2D eigenvalue weighted by Gasteiger charge is 2.19. The Kier molecular flexibility index (Phi) is 7.85. The van der Waals surface area contributed by atoms with Crippen molar-refractivity contribution in [3.63, 3.8) is 0 Å². The second-order valence-corrected chi connectivity index (χ2v) is 6.01. The van der Waals surface area contributed by atoms with Gasteiger partial charge in [0.1, 0.15) is 11.6 Å². The standard InChI is InChI=1S/C22H21F2N3O2/c1-2-5-15(10-11-25)22(29)26-14-20(28)27-21(16-6-3-8-18(23)12-16)17-7-4-9-19(24)13-17/h2-13,21H,1,14,25H2,(H,26,29)(H,27,28)/b11-10-,15-5+. The second kappa shape index (κ2) is 10.6. The molecule has 2 aromatic carbocycles. The average Bonchev–Trinajstić information content (AvgIpc) is 2.70. The highest BCUT2D eigenvalue weighted by Crippen LogP contribution is 2.23. The van der Waals surface area contributed by atoms with Crippen molar-refractivity contribution in [1.29, 1.82) is 0 Å². The Morgan fingerprint density at radius 2 is 1.66 bits per heavy atom. The minimum Gasteiger partial charge on any atom is -0.405 e. The van der Waals surface area contributed by atoms with E-state index < -0.39 is 29.5 Å². The van der Waals surface area contributed by atoms with E-state index in [0.29, 0.717) is 11.1 Å². The van der Waals surface area contributed by atoms with Crippen molar-refractivity contribution < 1.29 is 18.4 Å². The number of halogens is 2. The summed E-state index contributed by atoms with van der Waals surface area (Å²) >= 11 is 0. The quantitative estimate of drug-likeness (QED) is 0.473. The Morgan fingerprint density at radius 3 is 2.14 bits per heavy atom. The molecule has 0 unspecified atom stereocenters. The minimum atomic E-state index is -0.794. The molecule has 0 saturated carbocycles. The zero-order valence-electron chi connectivity index (χ0n) is 15.6. The van der Waals surface area contributed by atoms with Crippen LogP contribution in [0.2, 0.25) is 0 Å². The molecule has 150 valence electrons. The maximum Gasteiger partial charge on any atom is 0.251 e. The monoisotopic (exact) mass is 397 g/mol. The molecule has 2 rings (SSSR count). The van der Waals surface area contributed by atoms with Crippen LogP contribution in [0, 0.1) is 11.6 Å². The summed E-state index contributed by atoms with van der Waals surface area (Å²) in [7, 11) is 0. The van der Waals surface area contributed by atoms with Gasteiger partial charge in [0.2, 0.25) is 5.91 Å². The normalized spacial score (nSPS) is 11.5. The van der Waals surface area contributed by atoms with Crippen molar-refractivity contribution in [3.8, 4) is 0 Å². The van der Waals surface area contributed by atoms with Crippen LogP contribution in [0.1, 0.15) is 17.2 Å². The molecule has 0 fully saturated rings. The first kappa shape index (κ1) is 21.6. The molecule has 0 heterocycles. The van der Waals surface area contributed by atoms with Gasteiger partial charge in [-0.15, -0.1) is 0 Å². The van der Waals surface area contributed by atoms with E-state index in [1.165, 1.54) is 60.8 Å². The fourth-order valence-corrected chi connectivity index (χ4v) is 2.64. The molecule has 4 N–H and O–H groups in total. The number of nitrogens with two attached hydrogens (primary N) is 1. The third kappa shape index (κ3) is 6.42. The van der Waals surface area contributed by atoms with Crippen LogP contribution in [0.5, 0.6) is 0 Å². The molecule has 0 radical (unpaired) electrons. The van der Waals surface area contributed by atoms with Crippen LogP contribution in [0.3, 0.4) is 0 Å². The number of allylic oxidation sites excluding steroid dienone is 2. The van der Waals surface area contributed by atoms with Gasteiger partial charge < -0.3 is 16.4 Å². The number of carbonyl (C=O) groups excluding carboxylic acids is 2. The van der Waals surface area contributed by atoms with Crippen molar-refractivity contribution in [3.05, 3.63) is 108 Å². The Bertz CT molecular complexity index is 909. The largest absolute Gasteiger partial charge is 0.405 e. The molecule has 0 bridgehead atoms. The number of amides is 2. The molecular weight excluding hydrogens is 376 g/mol. The van der Waals surface area contributed by atoms with Gasteiger partial charge in [0.05, 0.1) is 12.6 Å². The summed E-state index contributed by atoms with van der Waals surface area (Å²) in [5.41, 5.74) is 6.40. The van der Waals surface area contributed by atoms with Gasteiger partial charge in [-0.2, -0.15) is 0 Å². The highest BCUT2D eigenvalue weighted by molar-refractivity contribution is 5.98. The van der Waals surface area contributed by atoms with Crippen molar-refractivity contribution >= 4 is 11.8 Å². The first-order valence-corrected chi connectivity index (χ1v) is 8.74. The number of nitrogens with one attached hydrogen (secondary N) is 2. The van der Waals surface area contributed by atoms with Gasteiger partial charge >= 0.3 is 0 Å². The lowest BCUT2D eigenvalue weighted by molar-refractivity contribution is -0.124. The SMILES string of the molecule is C=C/C=C(\C=C/N)C(=O)NCC(=O)NC(c1cccc(F)c1)c1cccc(F)c1. The second-order valence-electron chi connectivity index (χ2n) is 6.01. The van der Waals surface area contributed by atoms with Crippen LogP contribution < -0.4 is 16.4 Å². The maximum absolute atomic E-state index is 13.7. The summed E-state index contributed by atoms with van der Waals surface area (Å²) in [6, 6.07) is 10.5. The molecule has 0 aliphatic rings. The first-order chi connectivity index (χ1) is 13.9. The summed E-state index contributed by atoms with van der Waals surface area (Å²) in [6.07, 6.45) is 5.42. The summed E-state index contributed by atoms with van der Waals surface area (Å²) < 4.78 is 27.3. The van der Waals surface area contributed by atoms with Crippen LogP contribution in [0.25, 0.3) is 0 Å². The molecule has 0 saturated heterocycles. The molecule has 0 aliphatic carbocycles. The zero-order valence-corrected chi connectivity index (χ0v) is 15.6. The molecule has 0 aliphatic heterocycles. The van der Waals surface area contributed by atoms with Crippen molar-refractivity contribution in [2.24, 2.45) is 5.73 Å². The van der Waals surface area contributed by atoms with Crippen molar-refractivity contribution in [1.82, 2.24) is 10.6 Å². The number of rotatable bonds is 8. The lowest BCUT2D eigenvalue weighted by atomic mass is 9.98. The summed E-state index contributed by atoms with van der Waals surface area (Å²) in [5, 5.41) is 5.15. The summed E-state index contributed by atoms with van der Waals surface area (Å²) in [4.78, 5) is 24.5. The lowest BCUT2D eigenvalue weighted by Crippen LogP contribution is -2.39. The van der Waals surface area contributed by atoms with E-state index in [1.54, 1.807) is 12.1 Å². The molecule has 5 nitrogen and oxygen atoms in total. The number of hydrogen-bond acceptors (Lipinski definition) is 3. The van der Waals surface area contributed by atoms with E-state index in [2.05, 4.69) is 17.2 Å². The minimum absolute atomic E-state index is 0.224. The molecular formula is C22H21F2N3O2. The molecule has 2 amide bonds. The average molecular weight is 397 g/mol. The Balaban J connectivity index is 2.16. The third-order valence-electron chi connectivity index (χ3n) is 3.91. The first-order valence-electron chi connectivity index (χ1n) is 8.74. The Labute approximate surface area is 167 Å². The Hall–Kier alpha value is -3.74. The Morgan fingerprint density at radius 1 is 1.07 bits per heavy atom. The van der Waals surface area contributed by atoms with Crippen LogP contribution in [-0.2, 0) is 9.59 Å². The van der Waals surface area contributed by atoms with E-state index in [9.17, 15) is 18.4 Å². The zero-order chi connectivity index (χ0) is 21.2. The lowest BCUT2D eigenvalue weighted by Gasteiger charge is -2.20. The van der Waals surface area contributed by atoms with Gasteiger partial charge in [-0.05, 0) is 53.7 Å². The van der Waals surface area contributed by atoms with Gasteiger partial charge in [0.15, 0.2) is 0 Å². The number of carbonyl (C=O) groups is 2. The van der Waals surface area contributed by atoms with Crippen molar-refractivity contribution in [2.75, 3.05) is 6.54 Å². The van der Waals surface area contributed by atoms with Crippen LogP contribution in [0.15, 0.2) is 85.1 Å². The van der Waals surface area contributed by atoms with Gasteiger partial charge in [-0.3, -0.25) is 9.59 Å². The smallest absolute Gasteiger partial charge is 0.251 e. The van der Waals surface area contributed by atoms with E-state index >= 15 is 0 Å². The molecule has 29 heavy (non-hydrogen) atoms. The fraction of sp³-hybridized carbons (Fsp3) is 0.0909. The third-order valence-corrected chi connectivity index (χ3v) is 3.91. The van der Waals surface area contributed by atoms with Crippen LogP contribution in [-0.4, -0.2) is 18.4 Å². The molecule has 2 aromatic rings. The molecule has 0 aromatic heterocycles. The highest BCUT2D eigenvalue weighted by atomic mass is 19.1. The van der Waals surface area contributed by atoms with Gasteiger partial charge in [-0.1, -0.05) is 36.9 Å². The van der Waals surface area contributed by atoms with Crippen LogP contribution >= 0.6 is 0 Å². The van der Waals surface area contributed by atoms with Crippen LogP contribution in [0.4, 0.5) is 8.78 Å². The molecule has 7 heteroatoms. The summed E-state index contributed by atoms with van der Waals surface area (Å²) in [6.45, 7) is 3.17. The predicted molar refractivity (Wildman–Crippen MR) is 107 cm³/mol. The summed E-state index contributed by atoms with van der Waals surface area (Å²) in [5.74, 6) is -2.03. The van der Waals surface area contributed by atoms with E-state index in [0.717, 1.165) is 0 Å². The number of hydrogen-bond donors (Lipinski definition) is 3. The topological polar surface area (TPSA) is 84.2 Å². The van der Waals surface area contributed by atoms with Gasteiger partial charge in [0, 0.05) is 5.57 Å². The van der Waals surface area contributed by atoms with E-state index in [4.69, 9.17) is 5.73 Å². The predicted octanol–water partition coefficient (Wildman–Crippen LogP) is 2.87.